The van der Waals surface area contributed by atoms with Crippen molar-refractivity contribution in [3.8, 4) is 22.9 Å². The number of aromatic nitrogens is 1. The highest BCUT2D eigenvalue weighted by molar-refractivity contribution is 5.72. The number of piperazine rings is 1. The van der Waals surface area contributed by atoms with E-state index in [0.29, 0.717) is 48.9 Å². The molecule has 1 atom stereocenters. The van der Waals surface area contributed by atoms with Gasteiger partial charge in [0, 0.05) is 49.6 Å². The fourth-order valence-electron chi connectivity index (χ4n) is 4.87. The topological polar surface area (TPSA) is 84.4 Å². The summed E-state index contributed by atoms with van der Waals surface area (Å²) >= 11 is 0. The molecule has 5 rings (SSSR count). The van der Waals surface area contributed by atoms with Gasteiger partial charge in [0.05, 0.1) is 12.6 Å². The number of halogens is 1. The van der Waals surface area contributed by atoms with Crippen molar-refractivity contribution in [1.29, 1.82) is 0 Å². The first-order chi connectivity index (χ1) is 20.0. The first-order valence-corrected chi connectivity index (χ1v) is 13.4. The third-order valence-corrected chi connectivity index (χ3v) is 6.98. The molecule has 0 aliphatic carbocycles. The molecular formula is C32H32FN3O5. The summed E-state index contributed by atoms with van der Waals surface area (Å²) in [5, 5.41) is 9.52. The van der Waals surface area contributed by atoms with E-state index < -0.39 is 11.9 Å². The quantitative estimate of drug-likeness (QED) is 0.261. The molecule has 212 valence electrons. The molecule has 0 spiro atoms. The molecule has 1 aliphatic rings. The fraction of sp³-hybridized carbons (Fsp3) is 0.250. The van der Waals surface area contributed by atoms with E-state index in [1.165, 1.54) is 18.1 Å². The van der Waals surface area contributed by atoms with Crippen LogP contribution in [0.4, 0.5) is 14.9 Å². The molecule has 0 radical (unpaired) electrons. The zero-order valence-electron chi connectivity index (χ0n) is 22.8. The lowest BCUT2D eigenvalue weighted by Crippen LogP contribution is -2.56. The summed E-state index contributed by atoms with van der Waals surface area (Å²) in [4.78, 5) is 19.6. The van der Waals surface area contributed by atoms with Gasteiger partial charge in [-0.25, -0.2) is 9.18 Å². The molecule has 9 heteroatoms. The Morgan fingerprint density at radius 1 is 0.902 bits per heavy atom. The maximum Gasteiger partial charge on any atom is 0.407 e. The lowest BCUT2D eigenvalue weighted by molar-refractivity contribution is 0.0737. The van der Waals surface area contributed by atoms with E-state index in [0.717, 1.165) is 11.1 Å². The lowest BCUT2D eigenvalue weighted by Gasteiger charge is -2.40. The molecule has 1 aromatic heterocycles. The van der Waals surface area contributed by atoms with E-state index in [-0.39, 0.29) is 25.1 Å². The highest BCUT2D eigenvalue weighted by Crippen LogP contribution is 2.35. The number of rotatable bonds is 10. The van der Waals surface area contributed by atoms with Gasteiger partial charge < -0.3 is 24.2 Å². The smallest absolute Gasteiger partial charge is 0.407 e. The van der Waals surface area contributed by atoms with Gasteiger partial charge in [-0.1, -0.05) is 60.7 Å². The number of ether oxygens (including phenoxy) is 3. The van der Waals surface area contributed by atoms with Gasteiger partial charge in [-0.3, -0.25) is 4.90 Å². The van der Waals surface area contributed by atoms with Crippen LogP contribution in [0.1, 0.15) is 11.1 Å². The van der Waals surface area contributed by atoms with E-state index in [1.54, 1.807) is 18.2 Å². The molecule has 41 heavy (non-hydrogen) atoms. The zero-order valence-corrected chi connectivity index (χ0v) is 22.8. The molecule has 8 nitrogen and oxygen atoms in total. The van der Waals surface area contributed by atoms with Crippen LogP contribution in [0.3, 0.4) is 0 Å². The predicted octanol–water partition coefficient (Wildman–Crippen LogP) is 5.86. The summed E-state index contributed by atoms with van der Waals surface area (Å²) in [6.07, 6.45) is -0.986. The molecule has 1 aliphatic heterocycles. The molecule has 0 saturated carbocycles. The highest BCUT2D eigenvalue weighted by Gasteiger charge is 2.31. The van der Waals surface area contributed by atoms with Crippen LogP contribution >= 0.6 is 0 Å². The standard InChI is InChI=1S/C32H32FN3O5/c1-39-22-26-19-35(16-17-36(26)32(37)38)25-12-13-27(29(33)18-25)28-14-15-30(40-20-23-8-4-2-5-9-23)34-31(28)41-21-24-10-6-3-7-11-24/h2-15,18,26H,16-17,19-22H2,1H3,(H,37,38)/t26-/m1/s1. The third-order valence-electron chi connectivity index (χ3n) is 6.98. The average Bonchev–Trinajstić information content (AvgIpc) is 3.00. The van der Waals surface area contributed by atoms with Crippen LogP contribution in [0.15, 0.2) is 91.0 Å². The van der Waals surface area contributed by atoms with Gasteiger partial charge in [-0.15, -0.1) is 0 Å². The van der Waals surface area contributed by atoms with Gasteiger partial charge in [-0.2, -0.15) is 4.98 Å². The Balaban J connectivity index is 1.39. The second kappa shape index (κ2) is 13.1. The first-order valence-electron chi connectivity index (χ1n) is 13.4. The number of nitrogens with zero attached hydrogens (tertiary/aromatic N) is 3. The van der Waals surface area contributed by atoms with Gasteiger partial charge in [-0.05, 0) is 35.4 Å². The molecular weight excluding hydrogens is 525 g/mol. The van der Waals surface area contributed by atoms with Crippen LogP contribution in [0, 0.1) is 5.82 Å². The van der Waals surface area contributed by atoms with Crippen molar-refractivity contribution in [1.82, 2.24) is 9.88 Å². The molecule has 4 aromatic rings. The van der Waals surface area contributed by atoms with Crippen LogP contribution in [0.2, 0.25) is 0 Å². The van der Waals surface area contributed by atoms with E-state index in [1.807, 2.05) is 71.6 Å². The lowest BCUT2D eigenvalue weighted by atomic mass is 10.0. The summed E-state index contributed by atoms with van der Waals surface area (Å²) in [7, 11) is 1.54. The largest absolute Gasteiger partial charge is 0.473 e. The minimum Gasteiger partial charge on any atom is -0.473 e. The Kier molecular flexibility index (Phi) is 8.95. The summed E-state index contributed by atoms with van der Waals surface area (Å²) in [5.74, 6) is 0.204. The first kappa shape index (κ1) is 27.9. The van der Waals surface area contributed by atoms with Crippen molar-refractivity contribution in [2.24, 2.45) is 0 Å². The highest BCUT2D eigenvalue weighted by atomic mass is 19.1. The van der Waals surface area contributed by atoms with E-state index in [4.69, 9.17) is 14.2 Å². The number of carboxylic acid groups (broad SMARTS) is 1. The van der Waals surface area contributed by atoms with Crippen LogP contribution in [0.25, 0.3) is 11.1 Å². The van der Waals surface area contributed by atoms with Crippen molar-refractivity contribution >= 4 is 11.8 Å². The van der Waals surface area contributed by atoms with Crippen molar-refractivity contribution in [2.45, 2.75) is 19.3 Å². The predicted molar refractivity (Wildman–Crippen MR) is 154 cm³/mol. The molecule has 3 aromatic carbocycles. The number of amides is 1. The van der Waals surface area contributed by atoms with Crippen molar-refractivity contribution in [3.63, 3.8) is 0 Å². The normalized spacial score (nSPS) is 15.0. The average molecular weight is 558 g/mol. The van der Waals surface area contributed by atoms with Crippen molar-refractivity contribution in [2.75, 3.05) is 38.3 Å². The van der Waals surface area contributed by atoms with E-state index >= 15 is 4.39 Å². The minimum absolute atomic E-state index is 0.260. The zero-order chi connectivity index (χ0) is 28.6. The summed E-state index contributed by atoms with van der Waals surface area (Å²) in [6.45, 7) is 2.02. The number of carbonyl (C=O) groups is 1. The van der Waals surface area contributed by atoms with Crippen LogP contribution < -0.4 is 14.4 Å². The monoisotopic (exact) mass is 557 g/mol. The molecule has 0 bridgehead atoms. The molecule has 1 fully saturated rings. The van der Waals surface area contributed by atoms with Gasteiger partial charge in [0.15, 0.2) is 0 Å². The number of benzene rings is 3. The Morgan fingerprint density at radius 2 is 1.56 bits per heavy atom. The van der Waals surface area contributed by atoms with Crippen LogP contribution in [-0.4, -0.2) is 60.5 Å². The van der Waals surface area contributed by atoms with E-state index in [9.17, 15) is 9.90 Å². The summed E-state index contributed by atoms with van der Waals surface area (Å²) in [6, 6.07) is 27.6. The second-order valence-corrected chi connectivity index (χ2v) is 9.75. The SMILES string of the molecule is COC[C@H]1CN(c2ccc(-c3ccc(OCc4ccccc4)nc3OCc3ccccc3)c(F)c2)CCN1C(=O)O. The van der Waals surface area contributed by atoms with E-state index in [2.05, 4.69) is 4.98 Å². The van der Waals surface area contributed by atoms with Gasteiger partial charge >= 0.3 is 6.09 Å². The third kappa shape index (κ3) is 6.93. The van der Waals surface area contributed by atoms with Gasteiger partial charge in [0.1, 0.15) is 19.0 Å². The minimum atomic E-state index is -0.986. The second-order valence-electron chi connectivity index (χ2n) is 9.75. The Labute approximate surface area is 238 Å². The number of methoxy groups -OCH3 is 1. The summed E-state index contributed by atoms with van der Waals surface area (Å²) in [5.41, 5.74) is 3.47. The van der Waals surface area contributed by atoms with Crippen LogP contribution in [0.5, 0.6) is 11.8 Å². The number of hydrogen-bond acceptors (Lipinski definition) is 6. The maximum absolute atomic E-state index is 15.7. The Morgan fingerprint density at radius 3 is 2.20 bits per heavy atom. The summed E-state index contributed by atoms with van der Waals surface area (Å²) < 4.78 is 32.9. The molecule has 1 amide bonds. The number of pyridine rings is 1. The molecule has 0 unspecified atom stereocenters. The van der Waals surface area contributed by atoms with Crippen LogP contribution in [-0.2, 0) is 18.0 Å². The Hall–Kier alpha value is -4.63. The molecule has 2 heterocycles. The van der Waals surface area contributed by atoms with Crippen molar-refractivity contribution < 1.29 is 28.5 Å². The molecule has 1 N–H and O–H groups in total. The fourth-order valence-corrected chi connectivity index (χ4v) is 4.87. The maximum atomic E-state index is 15.7. The number of hydrogen-bond donors (Lipinski definition) is 1. The van der Waals surface area contributed by atoms with Crippen molar-refractivity contribution in [3.05, 3.63) is 108 Å². The molecule has 1 saturated heterocycles. The van der Waals surface area contributed by atoms with Gasteiger partial charge in [0.2, 0.25) is 11.8 Å². The number of anilines is 1. The van der Waals surface area contributed by atoms with Gasteiger partial charge in [0.25, 0.3) is 0 Å². The Bertz CT molecular complexity index is 1450.